The number of likely N-dealkylation sites (N-methyl/N-ethyl adjacent to an activating group) is 1. The van der Waals surface area contributed by atoms with E-state index in [1.165, 1.54) is 5.56 Å². The summed E-state index contributed by atoms with van der Waals surface area (Å²) in [6.07, 6.45) is 2.65. The number of rotatable bonds is 5. The lowest BCUT2D eigenvalue weighted by Crippen LogP contribution is -2.36. The molecule has 0 spiro atoms. The summed E-state index contributed by atoms with van der Waals surface area (Å²) in [4.78, 5) is 2.27. The van der Waals surface area contributed by atoms with Gasteiger partial charge in [-0.1, -0.05) is 17.7 Å². The SMILES string of the molecule is CN(CC1CCCO1)C(CN)c1ccc(Cl)c(Br)c1. The van der Waals surface area contributed by atoms with E-state index in [1.807, 2.05) is 18.2 Å². The van der Waals surface area contributed by atoms with E-state index in [-0.39, 0.29) is 6.04 Å². The Morgan fingerprint density at radius 3 is 2.95 bits per heavy atom. The molecule has 106 valence electrons. The minimum absolute atomic E-state index is 0.192. The van der Waals surface area contributed by atoms with Crippen molar-refractivity contribution < 1.29 is 4.74 Å². The quantitative estimate of drug-likeness (QED) is 0.889. The highest BCUT2D eigenvalue weighted by molar-refractivity contribution is 9.10. The first kappa shape index (κ1) is 15.3. The third-order valence-corrected chi connectivity index (χ3v) is 4.81. The first-order valence-electron chi connectivity index (χ1n) is 6.58. The van der Waals surface area contributed by atoms with Gasteiger partial charge in [0.1, 0.15) is 0 Å². The maximum Gasteiger partial charge on any atom is 0.0702 e. The lowest BCUT2D eigenvalue weighted by molar-refractivity contribution is 0.0689. The van der Waals surface area contributed by atoms with Gasteiger partial charge in [-0.2, -0.15) is 0 Å². The molecule has 0 aromatic heterocycles. The van der Waals surface area contributed by atoms with Gasteiger partial charge in [-0.3, -0.25) is 4.90 Å². The number of hydrogen-bond donors (Lipinski definition) is 1. The fourth-order valence-corrected chi connectivity index (χ4v) is 3.04. The Hall–Kier alpha value is -0.130. The van der Waals surface area contributed by atoms with Gasteiger partial charge < -0.3 is 10.5 Å². The highest BCUT2D eigenvalue weighted by Gasteiger charge is 2.22. The Morgan fingerprint density at radius 2 is 2.37 bits per heavy atom. The maximum absolute atomic E-state index is 6.03. The minimum atomic E-state index is 0.192. The predicted molar refractivity (Wildman–Crippen MR) is 82.6 cm³/mol. The van der Waals surface area contributed by atoms with E-state index in [1.54, 1.807) is 0 Å². The molecule has 1 aromatic carbocycles. The van der Waals surface area contributed by atoms with Gasteiger partial charge in [-0.05, 0) is 53.5 Å². The van der Waals surface area contributed by atoms with Crippen LogP contribution in [-0.2, 0) is 4.74 Å². The fourth-order valence-electron chi connectivity index (χ4n) is 2.53. The molecular formula is C14H20BrClN2O. The van der Waals surface area contributed by atoms with Crippen molar-refractivity contribution in [3.8, 4) is 0 Å². The molecule has 1 aromatic rings. The normalized spacial score (nSPS) is 21.0. The molecule has 2 unspecified atom stereocenters. The first-order valence-corrected chi connectivity index (χ1v) is 7.75. The Balaban J connectivity index is 2.06. The Labute approximate surface area is 128 Å². The van der Waals surface area contributed by atoms with Gasteiger partial charge in [0, 0.05) is 30.2 Å². The van der Waals surface area contributed by atoms with Gasteiger partial charge in [0.25, 0.3) is 0 Å². The molecule has 2 atom stereocenters. The molecule has 0 saturated carbocycles. The zero-order valence-corrected chi connectivity index (χ0v) is 13.5. The topological polar surface area (TPSA) is 38.5 Å². The van der Waals surface area contributed by atoms with Crippen molar-refractivity contribution in [1.82, 2.24) is 4.90 Å². The van der Waals surface area contributed by atoms with Crippen molar-refractivity contribution >= 4 is 27.5 Å². The molecule has 5 heteroatoms. The van der Waals surface area contributed by atoms with Crippen LogP contribution >= 0.6 is 27.5 Å². The molecule has 1 heterocycles. The fraction of sp³-hybridized carbons (Fsp3) is 0.571. The molecule has 1 saturated heterocycles. The molecule has 0 radical (unpaired) electrons. The molecular weight excluding hydrogens is 328 g/mol. The van der Waals surface area contributed by atoms with Crippen molar-refractivity contribution in [3.63, 3.8) is 0 Å². The van der Waals surface area contributed by atoms with Crippen LogP contribution in [0.5, 0.6) is 0 Å². The van der Waals surface area contributed by atoms with E-state index in [2.05, 4.69) is 27.9 Å². The summed E-state index contributed by atoms with van der Waals surface area (Å²) in [5.74, 6) is 0. The number of hydrogen-bond acceptors (Lipinski definition) is 3. The summed E-state index contributed by atoms with van der Waals surface area (Å²) in [5.41, 5.74) is 7.12. The summed E-state index contributed by atoms with van der Waals surface area (Å²) in [6.45, 7) is 2.39. The van der Waals surface area contributed by atoms with Crippen LogP contribution in [0.1, 0.15) is 24.4 Å². The molecule has 0 amide bonds. The summed E-state index contributed by atoms with van der Waals surface area (Å²) in [5, 5.41) is 0.723. The van der Waals surface area contributed by atoms with Crippen LogP contribution in [0, 0.1) is 0 Å². The molecule has 0 aliphatic carbocycles. The molecule has 1 aliphatic rings. The number of nitrogens with two attached hydrogens (primary N) is 1. The van der Waals surface area contributed by atoms with E-state index in [9.17, 15) is 0 Å². The number of benzene rings is 1. The smallest absolute Gasteiger partial charge is 0.0702 e. The van der Waals surface area contributed by atoms with Crippen LogP contribution in [0.4, 0.5) is 0 Å². The second-order valence-electron chi connectivity index (χ2n) is 5.00. The zero-order chi connectivity index (χ0) is 13.8. The number of ether oxygens (including phenoxy) is 1. The monoisotopic (exact) mass is 346 g/mol. The summed E-state index contributed by atoms with van der Waals surface area (Å²) in [7, 11) is 2.10. The van der Waals surface area contributed by atoms with Crippen molar-refractivity contribution in [2.75, 3.05) is 26.7 Å². The van der Waals surface area contributed by atoms with E-state index in [0.29, 0.717) is 12.6 Å². The number of nitrogens with zero attached hydrogens (tertiary/aromatic N) is 1. The van der Waals surface area contributed by atoms with Crippen molar-refractivity contribution in [1.29, 1.82) is 0 Å². The Kier molecular flexibility index (Phi) is 5.66. The highest BCUT2D eigenvalue weighted by Crippen LogP contribution is 2.28. The van der Waals surface area contributed by atoms with Gasteiger partial charge in [-0.25, -0.2) is 0 Å². The second kappa shape index (κ2) is 7.04. The molecule has 0 bridgehead atoms. The van der Waals surface area contributed by atoms with Crippen molar-refractivity contribution in [3.05, 3.63) is 33.3 Å². The van der Waals surface area contributed by atoms with Gasteiger partial charge in [0.05, 0.1) is 11.1 Å². The summed E-state index contributed by atoms with van der Waals surface area (Å²) < 4.78 is 6.60. The van der Waals surface area contributed by atoms with Gasteiger partial charge in [0.15, 0.2) is 0 Å². The van der Waals surface area contributed by atoms with E-state index in [4.69, 9.17) is 22.1 Å². The van der Waals surface area contributed by atoms with Gasteiger partial charge >= 0.3 is 0 Å². The van der Waals surface area contributed by atoms with E-state index in [0.717, 1.165) is 35.5 Å². The largest absolute Gasteiger partial charge is 0.377 e. The lowest BCUT2D eigenvalue weighted by Gasteiger charge is -2.29. The van der Waals surface area contributed by atoms with Gasteiger partial charge in [0.2, 0.25) is 0 Å². The van der Waals surface area contributed by atoms with Crippen LogP contribution in [0.3, 0.4) is 0 Å². The molecule has 1 aliphatic heterocycles. The van der Waals surface area contributed by atoms with Crippen LogP contribution in [0.25, 0.3) is 0 Å². The first-order chi connectivity index (χ1) is 9.11. The standard InChI is InChI=1S/C14H20BrClN2O/c1-18(9-11-3-2-6-19-11)14(8-17)10-4-5-13(16)12(15)7-10/h4-5,7,11,14H,2-3,6,8-9,17H2,1H3. The van der Waals surface area contributed by atoms with Crippen LogP contribution in [0.2, 0.25) is 5.02 Å². The van der Waals surface area contributed by atoms with Crippen molar-refractivity contribution in [2.24, 2.45) is 5.73 Å². The van der Waals surface area contributed by atoms with Crippen LogP contribution in [-0.4, -0.2) is 37.7 Å². The predicted octanol–water partition coefficient (Wildman–Crippen LogP) is 3.21. The zero-order valence-electron chi connectivity index (χ0n) is 11.1. The average Bonchev–Trinajstić information content (AvgIpc) is 2.87. The van der Waals surface area contributed by atoms with Gasteiger partial charge in [-0.15, -0.1) is 0 Å². The Morgan fingerprint density at radius 1 is 1.58 bits per heavy atom. The van der Waals surface area contributed by atoms with Crippen molar-refractivity contribution in [2.45, 2.75) is 25.0 Å². The third-order valence-electron chi connectivity index (χ3n) is 3.60. The maximum atomic E-state index is 6.03. The molecule has 2 N–H and O–H groups in total. The van der Waals surface area contributed by atoms with Crippen LogP contribution < -0.4 is 5.73 Å². The summed E-state index contributed by atoms with van der Waals surface area (Å²) in [6, 6.07) is 6.18. The van der Waals surface area contributed by atoms with E-state index >= 15 is 0 Å². The second-order valence-corrected chi connectivity index (χ2v) is 6.26. The summed E-state index contributed by atoms with van der Waals surface area (Å²) >= 11 is 9.50. The molecule has 2 rings (SSSR count). The van der Waals surface area contributed by atoms with E-state index < -0.39 is 0 Å². The average molecular weight is 348 g/mol. The number of halogens is 2. The highest BCUT2D eigenvalue weighted by atomic mass is 79.9. The Bertz CT molecular complexity index is 424. The molecule has 19 heavy (non-hydrogen) atoms. The third kappa shape index (κ3) is 3.92. The molecule has 3 nitrogen and oxygen atoms in total. The lowest BCUT2D eigenvalue weighted by atomic mass is 10.1. The minimum Gasteiger partial charge on any atom is -0.377 e. The molecule has 1 fully saturated rings. The van der Waals surface area contributed by atoms with Crippen LogP contribution in [0.15, 0.2) is 22.7 Å².